The fraction of sp³-hybridized carbons (Fsp3) is 0.312. The van der Waals surface area contributed by atoms with Crippen molar-refractivity contribution in [2.75, 3.05) is 18.5 Å². The molecule has 4 nitrogen and oxygen atoms in total. The van der Waals surface area contributed by atoms with Crippen LogP contribution in [-0.4, -0.2) is 18.2 Å². The monoisotopic (exact) mass is 270 g/mol. The Hall–Kier alpha value is -2.23. The second kappa shape index (κ2) is 5.82. The van der Waals surface area contributed by atoms with Gasteiger partial charge in [0.1, 0.15) is 0 Å². The van der Waals surface area contributed by atoms with Crippen molar-refractivity contribution < 1.29 is 9.47 Å². The average molecular weight is 270 g/mol. The lowest BCUT2D eigenvalue weighted by Gasteiger charge is -2.17. The van der Waals surface area contributed by atoms with Crippen LogP contribution < -0.4 is 14.8 Å². The number of rotatable bonds is 3. The summed E-state index contributed by atoms with van der Waals surface area (Å²) in [4.78, 5) is 4.04. The lowest BCUT2D eigenvalue weighted by atomic mass is 10.1. The highest BCUT2D eigenvalue weighted by molar-refractivity contribution is 5.55. The van der Waals surface area contributed by atoms with Crippen LogP contribution >= 0.6 is 0 Å². The van der Waals surface area contributed by atoms with E-state index in [1.807, 2.05) is 42.7 Å². The van der Waals surface area contributed by atoms with Gasteiger partial charge in [-0.15, -0.1) is 0 Å². The van der Waals surface area contributed by atoms with Crippen LogP contribution in [0.4, 0.5) is 5.69 Å². The highest BCUT2D eigenvalue weighted by atomic mass is 16.5. The maximum atomic E-state index is 5.70. The van der Waals surface area contributed by atoms with Crippen molar-refractivity contribution in [1.29, 1.82) is 0 Å². The first-order chi connectivity index (χ1) is 9.83. The van der Waals surface area contributed by atoms with E-state index in [9.17, 15) is 0 Å². The van der Waals surface area contributed by atoms with Crippen molar-refractivity contribution in [3.8, 4) is 11.5 Å². The summed E-state index contributed by atoms with van der Waals surface area (Å²) in [5, 5.41) is 3.47. The molecule has 3 rings (SSSR count). The molecule has 0 amide bonds. The number of pyridine rings is 1. The Bertz CT molecular complexity index is 572. The molecule has 0 spiro atoms. The molecule has 2 heterocycles. The van der Waals surface area contributed by atoms with Crippen molar-refractivity contribution in [2.45, 2.75) is 19.4 Å². The number of aromatic nitrogens is 1. The summed E-state index contributed by atoms with van der Waals surface area (Å²) in [5.41, 5.74) is 2.23. The molecule has 1 N–H and O–H groups in total. The third-order valence-electron chi connectivity index (χ3n) is 3.34. The maximum absolute atomic E-state index is 5.70. The van der Waals surface area contributed by atoms with E-state index in [-0.39, 0.29) is 6.04 Å². The molecule has 0 fully saturated rings. The van der Waals surface area contributed by atoms with Gasteiger partial charge in [0, 0.05) is 36.6 Å². The van der Waals surface area contributed by atoms with Crippen LogP contribution in [0.3, 0.4) is 0 Å². The first-order valence-electron chi connectivity index (χ1n) is 6.89. The van der Waals surface area contributed by atoms with Gasteiger partial charge in [-0.05, 0) is 36.8 Å². The third kappa shape index (κ3) is 2.85. The fourth-order valence-corrected chi connectivity index (χ4v) is 2.24. The summed E-state index contributed by atoms with van der Waals surface area (Å²) >= 11 is 0. The largest absolute Gasteiger partial charge is 0.490 e. The predicted molar refractivity (Wildman–Crippen MR) is 78.3 cm³/mol. The molecule has 1 aliphatic heterocycles. The van der Waals surface area contributed by atoms with Crippen molar-refractivity contribution in [2.24, 2.45) is 0 Å². The number of hydrogen-bond donors (Lipinski definition) is 1. The molecule has 2 aromatic rings. The Morgan fingerprint density at radius 3 is 2.60 bits per heavy atom. The van der Waals surface area contributed by atoms with Gasteiger partial charge < -0.3 is 14.8 Å². The second-order valence-corrected chi connectivity index (χ2v) is 4.86. The van der Waals surface area contributed by atoms with Crippen LogP contribution in [0.2, 0.25) is 0 Å². The van der Waals surface area contributed by atoms with Crippen LogP contribution in [0.25, 0.3) is 0 Å². The Labute approximate surface area is 118 Å². The first kappa shape index (κ1) is 12.8. The van der Waals surface area contributed by atoms with Gasteiger partial charge in [0.25, 0.3) is 0 Å². The van der Waals surface area contributed by atoms with Gasteiger partial charge >= 0.3 is 0 Å². The topological polar surface area (TPSA) is 43.4 Å². The van der Waals surface area contributed by atoms with Crippen LogP contribution in [0, 0.1) is 0 Å². The summed E-state index contributed by atoms with van der Waals surface area (Å²) in [6.45, 7) is 3.54. The quantitative estimate of drug-likeness (QED) is 0.928. The molecule has 1 unspecified atom stereocenters. The van der Waals surface area contributed by atoms with Crippen molar-refractivity contribution in [3.05, 3.63) is 48.3 Å². The average Bonchev–Trinajstić information content (AvgIpc) is 2.73. The number of nitrogens with one attached hydrogen (secondary N) is 1. The molecular formula is C16H18N2O2. The molecule has 4 heteroatoms. The summed E-state index contributed by atoms with van der Waals surface area (Å²) < 4.78 is 11.3. The van der Waals surface area contributed by atoms with E-state index in [2.05, 4.69) is 17.2 Å². The SMILES string of the molecule is CC(Nc1ccc2c(c1)OCCCO2)c1ccncc1. The predicted octanol–water partition coefficient (Wildman–Crippen LogP) is 3.42. The van der Waals surface area contributed by atoms with Gasteiger partial charge in [-0.25, -0.2) is 0 Å². The Morgan fingerprint density at radius 2 is 1.80 bits per heavy atom. The van der Waals surface area contributed by atoms with E-state index in [1.165, 1.54) is 5.56 Å². The molecular weight excluding hydrogens is 252 g/mol. The van der Waals surface area contributed by atoms with E-state index < -0.39 is 0 Å². The first-order valence-corrected chi connectivity index (χ1v) is 6.89. The minimum atomic E-state index is 0.211. The van der Waals surface area contributed by atoms with Crippen LogP contribution in [0.15, 0.2) is 42.7 Å². The fourth-order valence-electron chi connectivity index (χ4n) is 2.24. The van der Waals surface area contributed by atoms with Gasteiger partial charge in [0.05, 0.1) is 13.2 Å². The standard InChI is InChI=1S/C16H18N2O2/c1-12(13-5-7-17-8-6-13)18-14-3-4-15-16(11-14)20-10-2-9-19-15/h3-8,11-12,18H,2,9-10H2,1H3. The third-order valence-corrected chi connectivity index (χ3v) is 3.34. The molecule has 20 heavy (non-hydrogen) atoms. The number of benzene rings is 1. The van der Waals surface area contributed by atoms with Gasteiger partial charge in [0.2, 0.25) is 0 Å². The number of hydrogen-bond acceptors (Lipinski definition) is 4. The zero-order valence-corrected chi connectivity index (χ0v) is 11.5. The Kier molecular flexibility index (Phi) is 3.72. The molecule has 1 aromatic carbocycles. The van der Waals surface area contributed by atoms with Crippen LogP contribution in [0.1, 0.15) is 24.9 Å². The van der Waals surface area contributed by atoms with Crippen molar-refractivity contribution >= 4 is 5.69 Å². The maximum Gasteiger partial charge on any atom is 0.163 e. The van der Waals surface area contributed by atoms with Gasteiger partial charge in [0.15, 0.2) is 11.5 Å². The molecule has 0 aliphatic carbocycles. The number of ether oxygens (including phenoxy) is 2. The molecule has 0 saturated heterocycles. The van der Waals surface area contributed by atoms with E-state index in [0.717, 1.165) is 23.6 Å². The molecule has 104 valence electrons. The minimum absolute atomic E-state index is 0.211. The van der Waals surface area contributed by atoms with E-state index >= 15 is 0 Å². The normalized spacial score (nSPS) is 15.2. The number of anilines is 1. The zero-order chi connectivity index (χ0) is 13.8. The number of nitrogens with zero attached hydrogens (tertiary/aromatic N) is 1. The zero-order valence-electron chi connectivity index (χ0n) is 11.5. The summed E-state index contributed by atoms with van der Waals surface area (Å²) in [5.74, 6) is 1.64. The van der Waals surface area contributed by atoms with E-state index in [4.69, 9.17) is 9.47 Å². The van der Waals surface area contributed by atoms with E-state index in [1.54, 1.807) is 0 Å². The lowest BCUT2D eigenvalue weighted by molar-refractivity contribution is 0.297. The molecule has 0 saturated carbocycles. The molecule has 1 atom stereocenters. The highest BCUT2D eigenvalue weighted by Crippen LogP contribution is 2.33. The van der Waals surface area contributed by atoms with Gasteiger partial charge in [-0.3, -0.25) is 4.98 Å². The summed E-state index contributed by atoms with van der Waals surface area (Å²) in [7, 11) is 0. The lowest BCUT2D eigenvalue weighted by Crippen LogP contribution is -2.06. The van der Waals surface area contributed by atoms with E-state index in [0.29, 0.717) is 13.2 Å². The highest BCUT2D eigenvalue weighted by Gasteiger charge is 2.12. The number of fused-ring (bicyclic) bond motifs is 1. The van der Waals surface area contributed by atoms with Crippen molar-refractivity contribution in [3.63, 3.8) is 0 Å². The molecule has 0 radical (unpaired) electrons. The Morgan fingerprint density at radius 1 is 1.05 bits per heavy atom. The van der Waals surface area contributed by atoms with Crippen LogP contribution in [-0.2, 0) is 0 Å². The van der Waals surface area contributed by atoms with Gasteiger partial charge in [-0.1, -0.05) is 0 Å². The smallest absolute Gasteiger partial charge is 0.163 e. The molecule has 0 bridgehead atoms. The summed E-state index contributed by atoms with van der Waals surface area (Å²) in [6, 6.07) is 10.2. The Balaban J connectivity index is 1.76. The molecule has 1 aromatic heterocycles. The minimum Gasteiger partial charge on any atom is -0.490 e. The van der Waals surface area contributed by atoms with Gasteiger partial charge in [-0.2, -0.15) is 0 Å². The molecule has 1 aliphatic rings. The van der Waals surface area contributed by atoms with Crippen LogP contribution in [0.5, 0.6) is 11.5 Å². The summed E-state index contributed by atoms with van der Waals surface area (Å²) in [6.07, 6.45) is 4.54. The van der Waals surface area contributed by atoms with Crippen molar-refractivity contribution in [1.82, 2.24) is 4.98 Å². The second-order valence-electron chi connectivity index (χ2n) is 4.86.